The summed E-state index contributed by atoms with van der Waals surface area (Å²) in [6.45, 7) is 0. The number of nitrogens with zero attached hydrogens (tertiary/aromatic N) is 3. The van der Waals surface area contributed by atoms with Gasteiger partial charge in [-0.2, -0.15) is 0 Å². The highest BCUT2D eigenvalue weighted by atomic mass is 16.6. The van der Waals surface area contributed by atoms with Crippen LogP contribution in [0.25, 0.3) is 11.0 Å². The summed E-state index contributed by atoms with van der Waals surface area (Å²) in [6, 6.07) is 5.35. The van der Waals surface area contributed by atoms with Crippen molar-refractivity contribution in [2.75, 3.05) is 7.05 Å². The second kappa shape index (κ2) is 6.46. The average Bonchev–Trinajstić information content (AvgIpc) is 3.39. The Hall–Kier alpha value is -2.44. The van der Waals surface area contributed by atoms with Crippen LogP contribution in [0.15, 0.2) is 22.8 Å². The van der Waals surface area contributed by atoms with Crippen molar-refractivity contribution in [3.05, 3.63) is 23.8 Å². The molecule has 1 aromatic heterocycles. The lowest BCUT2D eigenvalue weighted by atomic mass is 9.91. The number of ether oxygens (including phenoxy) is 1. The maximum Gasteiger partial charge on any atom is 0.309 e. The number of carbonyl (C=O) groups excluding carboxylic acids is 2. The van der Waals surface area contributed by atoms with Crippen LogP contribution in [0.3, 0.4) is 0 Å². The Balaban J connectivity index is 1.35. The minimum absolute atomic E-state index is 0.00501. The van der Waals surface area contributed by atoms with Crippen LogP contribution < -0.4 is 0 Å². The Kier molecular flexibility index (Phi) is 4.15. The fraction of sp³-hybridized carbons (Fsp3) is 0.556. The Morgan fingerprint density at radius 1 is 1.08 bits per heavy atom. The molecule has 0 spiro atoms. The zero-order valence-electron chi connectivity index (χ0n) is 14.2. The summed E-state index contributed by atoms with van der Waals surface area (Å²) in [6.07, 6.45) is 5.26. The Morgan fingerprint density at radius 3 is 2.52 bits per heavy atom. The normalized spacial score (nSPS) is 23.4. The number of aromatic nitrogens is 2. The molecule has 2 fully saturated rings. The standard InChI is InChI=1S/C18H21N3O4/c1-21(17(22)12-4-9-15-16(10-12)20-25-19-15)13-5-7-14(8-6-13)24-18(23)11-2-3-11/h4,9-11,13-14H,2-3,5-8H2,1H3. The number of hydrogen-bond acceptors (Lipinski definition) is 6. The fourth-order valence-corrected chi connectivity index (χ4v) is 3.41. The molecule has 2 aliphatic carbocycles. The van der Waals surface area contributed by atoms with Gasteiger partial charge in [0.05, 0.1) is 5.92 Å². The van der Waals surface area contributed by atoms with E-state index in [-0.39, 0.29) is 29.9 Å². The minimum Gasteiger partial charge on any atom is -0.462 e. The molecule has 0 saturated heterocycles. The van der Waals surface area contributed by atoms with Gasteiger partial charge in [0.25, 0.3) is 5.91 Å². The van der Waals surface area contributed by atoms with Gasteiger partial charge in [0, 0.05) is 18.7 Å². The molecule has 0 N–H and O–H groups in total. The van der Waals surface area contributed by atoms with E-state index >= 15 is 0 Å². The summed E-state index contributed by atoms with van der Waals surface area (Å²) >= 11 is 0. The summed E-state index contributed by atoms with van der Waals surface area (Å²) < 4.78 is 10.2. The van der Waals surface area contributed by atoms with Gasteiger partial charge in [-0.25, -0.2) is 4.63 Å². The Morgan fingerprint density at radius 2 is 1.80 bits per heavy atom. The first kappa shape index (κ1) is 16.1. The number of fused-ring (bicyclic) bond motifs is 1. The van der Waals surface area contributed by atoms with Gasteiger partial charge in [-0.15, -0.1) is 0 Å². The summed E-state index contributed by atoms with van der Waals surface area (Å²) in [4.78, 5) is 26.3. The lowest BCUT2D eigenvalue weighted by Gasteiger charge is -2.34. The smallest absolute Gasteiger partial charge is 0.309 e. The number of hydrogen-bond donors (Lipinski definition) is 0. The van der Waals surface area contributed by atoms with E-state index in [1.165, 1.54) is 0 Å². The fourth-order valence-electron chi connectivity index (χ4n) is 3.41. The maximum absolute atomic E-state index is 12.7. The number of rotatable bonds is 4. The van der Waals surface area contributed by atoms with Crippen molar-refractivity contribution in [3.63, 3.8) is 0 Å². The highest BCUT2D eigenvalue weighted by Crippen LogP contribution is 2.33. The summed E-state index contributed by atoms with van der Waals surface area (Å²) in [5, 5.41) is 7.54. The van der Waals surface area contributed by atoms with Gasteiger partial charge in [0.1, 0.15) is 17.1 Å². The monoisotopic (exact) mass is 343 g/mol. The number of esters is 1. The third-order valence-electron chi connectivity index (χ3n) is 5.21. The van der Waals surface area contributed by atoms with Crippen molar-refractivity contribution in [2.45, 2.75) is 50.7 Å². The van der Waals surface area contributed by atoms with E-state index in [4.69, 9.17) is 4.74 Å². The minimum atomic E-state index is -0.0394. The zero-order chi connectivity index (χ0) is 17.4. The molecular weight excluding hydrogens is 322 g/mol. The molecule has 2 aliphatic rings. The molecule has 0 bridgehead atoms. The molecule has 132 valence electrons. The van der Waals surface area contributed by atoms with Crippen LogP contribution in [0.5, 0.6) is 0 Å². The molecule has 1 amide bonds. The largest absolute Gasteiger partial charge is 0.462 e. The highest BCUT2D eigenvalue weighted by molar-refractivity contribution is 5.97. The van der Waals surface area contributed by atoms with E-state index in [1.54, 1.807) is 23.1 Å². The summed E-state index contributed by atoms with van der Waals surface area (Å²) in [5.41, 5.74) is 1.79. The first-order valence-electron chi connectivity index (χ1n) is 8.82. The second-order valence-corrected chi connectivity index (χ2v) is 7.03. The summed E-state index contributed by atoms with van der Waals surface area (Å²) in [7, 11) is 1.83. The van der Waals surface area contributed by atoms with Gasteiger partial charge in [-0.05, 0) is 67.0 Å². The van der Waals surface area contributed by atoms with Crippen LogP contribution in [0.4, 0.5) is 0 Å². The molecule has 25 heavy (non-hydrogen) atoms. The Bertz CT molecular complexity index is 790. The number of amides is 1. The second-order valence-electron chi connectivity index (χ2n) is 7.03. The van der Waals surface area contributed by atoms with Crippen LogP contribution in [0, 0.1) is 5.92 Å². The molecule has 7 heteroatoms. The van der Waals surface area contributed by atoms with Crippen molar-refractivity contribution >= 4 is 22.9 Å². The van der Waals surface area contributed by atoms with E-state index < -0.39 is 0 Å². The molecule has 0 radical (unpaired) electrons. The van der Waals surface area contributed by atoms with Crippen LogP contribution in [-0.4, -0.2) is 46.3 Å². The van der Waals surface area contributed by atoms with Crippen molar-refractivity contribution in [1.82, 2.24) is 15.2 Å². The van der Waals surface area contributed by atoms with Crippen molar-refractivity contribution in [3.8, 4) is 0 Å². The topological polar surface area (TPSA) is 85.5 Å². The molecule has 7 nitrogen and oxygen atoms in total. The number of carbonyl (C=O) groups is 2. The molecule has 1 aromatic carbocycles. The lowest BCUT2D eigenvalue weighted by molar-refractivity contribution is -0.152. The van der Waals surface area contributed by atoms with E-state index in [9.17, 15) is 9.59 Å². The van der Waals surface area contributed by atoms with E-state index in [0.29, 0.717) is 16.6 Å². The van der Waals surface area contributed by atoms with Crippen molar-refractivity contribution in [1.29, 1.82) is 0 Å². The SMILES string of the molecule is CN(C(=O)c1ccc2nonc2c1)C1CCC(OC(=O)C2CC2)CC1. The number of benzene rings is 1. The van der Waals surface area contributed by atoms with Crippen LogP contribution in [0.2, 0.25) is 0 Å². The molecular formula is C18H21N3O4. The molecule has 1 heterocycles. The lowest BCUT2D eigenvalue weighted by Crippen LogP contribution is -2.41. The molecule has 0 unspecified atom stereocenters. The Labute approximate surface area is 145 Å². The van der Waals surface area contributed by atoms with Crippen LogP contribution in [0.1, 0.15) is 48.9 Å². The summed E-state index contributed by atoms with van der Waals surface area (Å²) in [5.74, 6) is 0.0636. The predicted molar refractivity (Wildman–Crippen MR) is 88.8 cm³/mol. The van der Waals surface area contributed by atoms with E-state index in [1.807, 2.05) is 7.05 Å². The third-order valence-corrected chi connectivity index (χ3v) is 5.21. The molecule has 0 atom stereocenters. The molecule has 4 rings (SSSR count). The maximum atomic E-state index is 12.7. The van der Waals surface area contributed by atoms with Crippen molar-refractivity contribution in [2.24, 2.45) is 5.92 Å². The van der Waals surface area contributed by atoms with Crippen LogP contribution in [-0.2, 0) is 9.53 Å². The first-order chi connectivity index (χ1) is 12.1. The van der Waals surface area contributed by atoms with Crippen LogP contribution >= 0.6 is 0 Å². The van der Waals surface area contributed by atoms with Crippen molar-refractivity contribution < 1.29 is 19.0 Å². The quantitative estimate of drug-likeness (QED) is 0.793. The van der Waals surface area contributed by atoms with Gasteiger partial charge in [0.2, 0.25) is 0 Å². The predicted octanol–water partition coefficient (Wildman–Crippen LogP) is 2.56. The van der Waals surface area contributed by atoms with Gasteiger partial charge < -0.3 is 9.64 Å². The molecule has 2 aromatic rings. The third kappa shape index (κ3) is 3.36. The average molecular weight is 343 g/mol. The highest BCUT2D eigenvalue weighted by Gasteiger charge is 2.35. The molecule has 0 aliphatic heterocycles. The first-order valence-corrected chi connectivity index (χ1v) is 8.82. The van der Waals surface area contributed by atoms with Gasteiger partial charge in [0.15, 0.2) is 0 Å². The zero-order valence-corrected chi connectivity index (χ0v) is 14.2. The van der Waals surface area contributed by atoms with E-state index in [2.05, 4.69) is 14.9 Å². The van der Waals surface area contributed by atoms with E-state index in [0.717, 1.165) is 38.5 Å². The van der Waals surface area contributed by atoms with Gasteiger partial charge >= 0.3 is 5.97 Å². The van der Waals surface area contributed by atoms with Gasteiger partial charge in [-0.3, -0.25) is 9.59 Å². The molecule has 2 saturated carbocycles. The van der Waals surface area contributed by atoms with Gasteiger partial charge in [-0.1, -0.05) is 0 Å².